The van der Waals surface area contributed by atoms with Crippen molar-refractivity contribution in [2.24, 2.45) is 5.92 Å². The zero-order chi connectivity index (χ0) is 17.1. The van der Waals surface area contributed by atoms with Gasteiger partial charge in [0, 0.05) is 12.2 Å². The Kier molecular flexibility index (Phi) is 4.50. The van der Waals surface area contributed by atoms with Crippen LogP contribution in [0.15, 0.2) is 36.5 Å². The Hall–Kier alpha value is -2.83. The van der Waals surface area contributed by atoms with E-state index in [1.807, 2.05) is 24.3 Å². The number of nitrogens with zero attached hydrogens (tertiary/aromatic N) is 2. The van der Waals surface area contributed by atoms with Crippen LogP contribution in [0.1, 0.15) is 29.8 Å². The van der Waals surface area contributed by atoms with Gasteiger partial charge in [0.2, 0.25) is 0 Å². The number of aromatic nitrogens is 2. The molecule has 0 bridgehead atoms. The molecule has 1 fully saturated rings. The quantitative estimate of drug-likeness (QED) is 0.873. The van der Waals surface area contributed by atoms with E-state index >= 15 is 0 Å². The fraction of sp³-hybridized carbons (Fsp3) is 0.353. The van der Waals surface area contributed by atoms with Gasteiger partial charge < -0.3 is 15.2 Å². The second-order valence-corrected chi connectivity index (χ2v) is 5.80. The van der Waals surface area contributed by atoms with Crippen molar-refractivity contribution >= 4 is 11.9 Å². The number of carboxylic acids is 1. The van der Waals surface area contributed by atoms with Gasteiger partial charge in [-0.25, -0.2) is 4.68 Å². The SMILES string of the molecule is COc1ccc(-n2ccc(C(=O)N[C@@H]3CCC[C@@H]3C(=O)O)n2)cc1. The molecule has 7 heteroatoms. The molecule has 1 heterocycles. The molecule has 2 N–H and O–H groups in total. The first kappa shape index (κ1) is 16.0. The number of hydrogen-bond donors (Lipinski definition) is 2. The van der Waals surface area contributed by atoms with Gasteiger partial charge in [-0.05, 0) is 43.2 Å². The molecule has 126 valence electrons. The van der Waals surface area contributed by atoms with E-state index in [0.717, 1.165) is 17.9 Å². The van der Waals surface area contributed by atoms with Crippen LogP contribution in [0, 0.1) is 5.92 Å². The standard InChI is InChI=1S/C17H19N3O4/c1-24-12-7-5-11(6-8-12)20-10-9-15(19-20)16(21)18-14-4-2-3-13(14)17(22)23/h5-10,13-14H,2-4H2,1H3,(H,18,21)(H,22,23)/t13-,14+/m0/s1. The summed E-state index contributed by atoms with van der Waals surface area (Å²) in [7, 11) is 1.60. The molecule has 7 nitrogen and oxygen atoms in total. The molecule has 2 atom stereocenters. The summed E-state index contributed by atoms with van der Waals surface area (Å²) >= 11 is 0. The number of carbonyl (C=O) groups is 2. The highest BCUT2D eigenvalue weighted by atomic mass is 16.5. The van der Waals surface area contributed by atoms with Gasteiger partial charge in [0.1, 0.15) is 5.75 Å². The molecule has 1 aromatic carbocycles. The summed E-state index contributed by atoms with van der Waals surface area (Å²) in [5, 5.41) is 16.2. The molecule has 1 aromatic heterocycles. The molecule has 24 heavy (non-hydrogen) atoms. The molecule has 2 aromatic rings. The van der Waals surface area contributed by atoms with Gasteiger partial charge in [-0.15, -0.1) is 0 Å². The maximum atomic E-state index is 12.3. The van der Waals surface area contributed by atoms with Gasteiger partial charge in [0.25, 0.3) is 5.91 Å². The maximum absolute atomic E-state index is 12.3. The minimum Gasteiger partial charge on any atom is -0.497 e. The summed E-state index contributed by atoms with van der Waals surface area (Å²) in [5.41, 5.74) is 1.07. The first-order valence-electron chi connectivity index (χ1n) is 7.82. The lowest BCUT2D eigenvalue weighted by atomic mass is 10.0. The van der Waals surface area contributed by atoms with Crippen molar-refractivity contribution in [3.05, 3.63) is 42.2 Å². The summed E-state index contributed by atoms with van der Waals surface area (Å²) in [6.07, 6.45) is 3.78. The Morgan fingerprint density at radius 2 is 2.00 bits per heavy atom. The Labute approximate surface area is 139 Å². The molecular weight excluding hydrogens is 310 g/mol. The van der Waals surface area contributed by atoms with Gasteiger partial charge in [-0.3, -0.25) is 9.59 Å². The number of ether oxygens (including phenoxy) is 1. The molecule has 0 unspecified atom stereocenters. The topological polar surface area (TPSA) is 93.5 Å². The Balaban J connectivity index is 1.70. The van der Waals surface area contributed by atoms with Crippen LogP contribution in [0.3, 0.4) is 0 Å². The second-order valence-electron chi connectivity index (χ2n) is 5.80. The van der Waals surface area contributed by atoms with Crippen LogP contribution in [-0.2, 0) is 4.79 Å². The smallest absolute Gasteiger partial charge is 0.308 e. The molecule has 1 amide bonds. The molecule has 1 saturated carbocycles. The number of methoxy groups -OCH3 is 1. The highest BCUT2D eigenvalue weighted by Gasteiger charge is 2.34. The van der Waals surface area contributed by atoms with Crippen molar-refractivity contribution in [2.45, 2.75) is 25.3 Å². The number of aliphatic carboxylic acids is 1. The van der Waals surface area contributed by atoms with Crippen LogP contribution >= 0.6 is 0 Å². The normalized spacial score (nSPS) is 19.9. The molecule has 0 radical (unpaired) electrons. The molecule has 0 spiro atoms. The van der Waals surface area contributed by atoms with E-state index in [0.29, 0.717) is 12.8 Å². The van der Waals surface area contributed by atoms with Gasteiger partial charge in [-0.2, -0.15) is 5.10 Å². The second kappa shape index (κ2) is 6.74. The first-order valence-corrected chi connectivity index (χ1v) is 7.82. The minimum atomic E-state index is -0.860. The number of carboxylic acid groups (broad SMARTS) is 1. The molecule has 3 rings (SSSR count). The van der Waals surface area contributed by atoms with Crippen LogP contribution in [0.4, 0.5) is 0 Å². The van der Waals surface area contributed by atoms with Gasteiger partial charge in [-0.1, -0.05) is 6.42 Å². The molecule has 1 aliphatic carbocycles. The van der Waals surface area contributed by atoms with Crippen molar-refractivity contribution in [3.63, 3.8) is 0 Å². The number of amides is 1. The lowest BCUT2D eigenvalue weighted by molar-refractivity contribution is -0.142. The summed E-state index contributed by atoms with van der Waals surface area (Å²) in [6.45, 7) is 0. The van der Waals surface area contributed by atoms with Crippen LogP contribution < -0.4 is 10.1 Å². The molecular formula is C17H19N3O4. The summed E-state index contributed by atoms with van der Waals surface area (Å²) in [5.74, 6) is -0.982. The number of rotatable bonds is 5. The Morgan fingerprint density at radius 1 is 1.25 bits per heavy atom. The fourth-order valence-electron chi connectivity index (χ4n) is 2.99. The molecule has 0 saturated heterocycles. The highest BCUT2D eigenvalue weighted by molar-refractivity contribution is 5.92. The van der Waals surface area contributed by atoms with Crippen LogP contribution in [-0.4, -0.2) is 39.9 Å². The first-order chi connectivity index (χ1) is 11.6. The summed E-state index contributed by atoms with van der Waals surface area (Å²) in [6, 6.07) is 8.58. The third-order valence-corrected chi connectivity index (χ3v) is 4.31. The number of benzene rings is 1. The van der Waals surface area contributed by atoms with E-state index in [2.05, 4.69) is 10.4 Å². The summed E-state index contributed by atoms with van der Waals surface area (Å²) in [4.78, 5) is 23.5. The van der Waals surface area contributed by atoms with E-state index in [9.17, 15) is 14.7 Å². The van der Waals surface area contributed by atoms with E-state index in [-0.39, 0.29) is 17.6 Å². The van der Waals surface area contributed by atoms with Crippen LogP contribution in [0.25, 0.3) is 5.69 Å². The van der Waals surface area contributed by atoms with Crippen LogP contribution in [0.2, 0.25) is 0 Å². The third kappa shape index (κ3) is 3.24. The Morgan fingerprint density at radius 3 is 2.67 bits per heavy atom. The molecule has 0 aliphatic heterocycles. The number of carbonyl (C=O) groups excluding carboxylic acids is 1. The van der Waals surface area contributed by atoms with Gasteiger partial charge in [0.05, 0.1) is 18.7 Å². The fourth-order valence-corrected chi connectivity index (χ4v) is 2.99. The van der Waals surface area contributed by atoms with E-state index in [1.165, 1.54) is 0 Å². The monoisotopic (exact) mass is 329 g/mol. The molecule has 1 aliphatic rings. The average Bonchev–Trinajstić information content (AvgIpc) is 3.24. The zero-order valence-electron chi connectivity index (χ0n) is 13.3. The predicted molar refractivity (Wildman–Crippen MR) is 86.3 cm³/mol. The minimum absolute atomic E-state index is 0.266. The van der Waals surface area contributed by atoms with E-state index in [4.69, 9.17) is 4.74 Å². The van der Waals surface area contributed by atoms with E-state index < -0.39 is 11.9 Å². The van der Waals surface area contributed by atoms with Crippen molar-refractivity contribution < 1.29 is 19.4 Å². The Bertz CT molecular complexity index is 739. The largest absolute Gasteiger partial charge is 0.497 e. The van der Waals surface area contributed by atoms with Crippen molar-refractivity contribution in [1.29, 1.82) is 0 Å². The number of hydrogen-bond acceptors (Lipinski definition) is 4. The average molecular weight is 329 g/mol. The lowest BCUT2D eigenvalue weighted by Gasteiger charge is -2.16. The highest BCUT2D eigenvalue weighted by Crippen LogP contribution is 2.26. The summed E-state index contributed by atoms with van der Waals surface area (Å²) < 4.78 is 6.71. The van der Waals surface area contributed by atoms with Crippen molar-refractivity contribution in [3.8, 4) is 11.4 Å². The predicted octanol–water partition coefficient (Wildman–Crippen LogP) is 1.86. The van der Waals surface area contributed by atoms with E-state index in [1.54, 1.807) is 24.1 Å². The van der Waals surface area contributed by atoms with Crippen molar-refractivity contribution in [2.75, 3.05) is 7.11 Å². The van der Waals surface area contributed by atoms with Crippen LogP contribution in [0.5, 0.6) is 5.75 Å². The number of nitrogens with one attached hydrogen (secondary N) is 1. The van der Waals surface area contributed by atoms with Gasteiger partial charge in [0.15, 0.2) is 5.69 Å². The zero-order valence-corrected chi connectivity index (χ0v) is 13.3. The lowest BCUT2D eigenvalue weighted by Crippen LogP contribution is -2.40. The maximum Gasteiger partial charge on any atom is 0.308 e. The third-order valence-electron chi connectivity index (χ3n) is 4.31. The van der Waals surface area contributed by atoms with Gasteiger partial charge >= 0.3 is 5.97 Å². The van der Waals surface area contributed by atoms with Crippen molar-refractivity contribution in [1.82, 2.24) is 15.1 Å².